The number of nitrogens with two attached hydrogens (primary N) is 1. The average molecular weight is 467 g/mol. The molecule has 0 saturated carbocycles. The summed E-state index contributed by atoms with van der Waals surface area (Å²) in [6.45, 7) is 0.697. The SMILES string of the molecule is Nc1nc(Nc2ccc3c(c2)C(=O)NCCCC3)n(-c2cc3c(nn2)-c2ccccc2CCC3)n1. The van der Waals surface area contributed by atoms with Crippen molar-refractivity contribution in [2.24, 2.45) is 0 Å². The van der Waals surface area contributed by atoms with Crippen molar-refractivity contribution in [1.82, 2.24) is 30.3 Å². The summed E-state index contributed by atoms with van der Waals surface area (Å²) in [4.78, 5) is 17.0. The Morgan fingerprint density at radius 3 is 2.66 bits per heavy atom. The monoisotopic (exact) mass is 466 g/mol. The molecule has 0 fully saturated rings. The summed E-state index contributed by atoms with van der Waals surface area (Å²) in [5, 5.41) is 19.7. The van der Waals surface area contributed by atoms with E-state index in [1.807, 2.05) is 30.3 Å². The maximum Gasteiger partial charge on any atom is 0.251 e. The van der Waals surface area contributed by atoms with Crippen LogP contribution in [0.15, 0.2) is 48.5 Å². The third kappa shape index (κ3) is 4.09. The van der Waals surface area contributed by atoms with Crippen LogP contribution in [0.4, 0.5) is 17.6 Å². The molecular formula is C26H26N8O. The van der Waals surface area contributed by atoms with Gasteiger partial charge >= 0.3 is 0 Å². The number of benzene rings is 2. The normalized spacial score (nSPS) is 15.0. The van der Waals surface area contributed by atoms with Crippen molar-refractivity contribution in [3.8, 4) is 17.1 Å². The van der Waals surface area contributed by atoms with Crippen molar-refractivity contribution in [2.75, 3.05) is 17.6 Å². The zero-order valence-corrected chi connectivity index (χ0v) is 19.3. The minimum absolute atomic E-state index is 0.0544. The van der Waals surface area contributed by atoms with E-state index in [0.29, 0.717) is 23.9 Å². The minimum Gasteiger partial charge on any atom is -0.366 e. The molecule has 176 valence electrons. The first-order valence-corrected chi connectivity index (χ1v) is 12.0. The minimum atomic E-state index is -0.0544. The second-order valence-corrected chi connectivity index (χ2v) is 9.00. The Hall–Kier alpha value is -4.27. The Morgan fingerprint density at radius 2 is 1.71 bits per heavy atom. The fraction of sp³-hybridized carbons (Fsp3) is 0.269. The summed E-state index contributed by atoms with van der Waals surface area (Å²) in [5.41, 5.74) is 12.9. The molecule has 2 aromatic carbocycles. The van der Waals surface area contributed by atoms with E-state index in [0.717, 1.165) is 66.6 Å². The molecule has 3 heterocycles. The molecule has 6 rings (SSSR count). The third-order valence-electron chi connectivity index (χ3n) is 6.63. The van der Waals surface area contributed by atoms with Crippen molar-refractivity contribution < 1.29 is 4.79 Å². The lowest BCUT2D eigenvalue weighted by Gasteiger charge is -2.16. The Balaban J connectivity index is 1.35. The van der Waals surface area contributed by atoms with Crippen molar-refractivity contribution >= 4 is 23.5 Å². The molecule has 0 atom stereocenters. The van der Waals surface area contributed by atoms with Crippen LogP contribution in [0.1, 0.15) is 46.3 Å². The highest BCUT2D eigenvalue weighted by molar-refractivity contribution is 5.97. The predicted molar refractivity (Wildman–Crippen MR) is 134 cm³/mol. The molecule has 2 aliphatic rings. The summed E-state index contributed by atoms with van der Waals surface area (Å²) < 4.78 is 1.57. The van der Waals surface area contributed by atoms with Gasteiger partial charge in [0, 0.05) is 23.4 Å². The van der Waals surface area contributed by atoms with Gasteiger partial charge in [0.15, 0.2) is 5.82 Å². The lowest BCUT2D eigenvalue weighted by atomic mass is 9.99. The number of rotatable bonds is 3. The van der Waals surface area contributed by atoms with Crippen LogP contribution in [0, 0.1) is 0 Å². The molecule has 35 heavy (non-hydrogen) atoms. The van der Waals surface area contributed by atoms with Crippen molar-refractivity contribution in [3.63, 3.8) is 0 Å². The molecular weight excluding hydrogens is 440 g/mol. The van der Waals surface area contributed by atoms with Gasteiger partial charge in [-0.05, 0) is 73.4 Å². The van der Waals surface area contributed by atoms with Gasteiger partial charge in [-0.1, -0.05) is 30.3 Å². The van der Waals surface area contributed by atoms with E-state index in [1.54, 1.807) is 4.68 Å². The number of nitrogens with zero attached hydrogens (tertiary/aromatic N) is 5. The van der Waals surface area contributed by atoms with Crippen molar-refractivity contribution in [1.29, 1.82) is 0 Å². The number of fused-ring (bicyclic) bond motifs is 4. The maximum absolute atomic E-state index is 12.6. The van der Waals surface area contributed by atoms with E-state index >= 15 is 0 Å². The second-order valence-electron chi connectivity index (χ2n) is 9.00. The van der Waals surface area contributed by atoms with Crippen LogP contribution in [-0.4, -0.2) is 37.4 Å². The maximum atomic E-state index is 12.6. The van der Waals surface area contributed by atoms with Gasteiger partial charge in [0.05, 0.1) is 5.69 Å². The lowest BCUT2D eigenvalue weighted by molar-refractivity contribution is 0.0950. The molecule has 2 aromatic heterocycles. The van der Waals surface area contributed by atoms with Gasteiger partial charge in [0.25, 0.3) is 5.91 Å². The fourth-order valence-electron chi connectivity index (χ4n) is 4.90. The summed E-state index contributed by atoms with van der Waals surface area (Å²) >= 11 is 0. The Bertz CT molecular complexity index is 1430. The third-order valence-corrected chi connectivity index (χ3v) is 6.63. The highest BCUT2D eigenvalue weighted by Gasteiger charge is 2.20. The molecule has 9 heteroatoms. The summed E-state index contributed by atoms with van der Waals surface area (Å²) in [7, 11) is 0. The molecule has 1 aliphatic carbocycles. The first-order valence-electron chi connectivity index (χ1n) is 12.0. The predicted octanol–water partition coefficient (Wildman–Crippen LogP) is 3.60. The van der Waals surface area contributed by atoms with Gasteiger partial charge in [-0.3, -0.25) is 4.79 Å². The smallest absolute Gasteiger partial charge is 0.251 e. The molecule has 4 N–H and O–H groups in total. The van der Waals surface area contributed by atoms with Crippen molar-refractivity contribution in [2.45, 2.75) is 38.5 Å². The highest BCUT2D eigenvalue weighted by Crippen LogP contribution is 2.31. The number of anilines is 3. The van der Waals surface area contributed by atoms with Crippen LogP contribution in [-0.2, 0) is 19.3 Å². The number of hydrogen-bond donors (Lipinski definition) is 3. The molecule has 4 aromatic rings. The van der Waals surface area contributed by atoms with Crippen LogP contribution in [0.5, 0.6) is 0 Å². The molecule has 1 amide bonds. The summed E-state index contributed by atoms with van der Waals surface area (Å²) in [6.07, 6.45) is 5.88. The quantitative estimate of drug-likeness (QED) is 0.421. The van der Waals surface area contributed by atoms with Crippen LogP contribution in [0.25, 0.3) is 17.1 Å². The van der Waals surface area contributed by atoms with E-state index in [4.69, 9.17) is 5.73 Å². The Morgan fingerprint density at radius 1 is 0.886 bits per heavy atom. The van der Waals surface area contributed by atoms with Gasteiger partial charge in [0.1, 0.15) is 0 Å². The van der Waals surface area contributed by atoms with Crippen LogP contribution < -0.4 is 16.4 Å². The molecule has 0 bridgehead atoms. The largest absolute Gasteiger partial charge is 0.366 e. The fourth-order valence-corrected chi connectivity index (χ4v) is 4.90. The van der Waals surface area contributed by atoms with E-state index in [2.05, 4.69) is 49.1 Å². The lowest BCUT2D eigenvalue weighted by Crippen LogP contribution is -2.27. The van der Waals surface area contributed by atoms with Crippen molar-refractivity contribution in [3.05, 3.63) is 70.8 Å². The topological polar surface area (TPSA) is 124 Å². The zero-order chi connectivity index (χ0) is 23.8. The first kappa shape index (κ1) is 21.3. The van der Waals surface area contributed by atoms with Gasteiger partial charge in [-0.2, -0.15) is 9.67 Å². The Labute approximate surface area is 202 Å². The molecule has 0 saturated heterocycles. The number of hydrogen-bond acceptors (Lipinski definition) is 7. The van der Waals surface area contributed by atoms with Crippen LogP contribution in [0.3, 0.4) is 0 Å². The molecule has 1 aliphatic heterocycles. The molecule has 9 nitrogen and oxygen atoms in total. The van der Waals surface area contributed by atoms with Gasteiger partial charge in [-0.15, -0.1) is 15.3 Å². The van der Waals surface area contributed by atoms with Gasteiger partial charge < -0.3 is 16.4 Å². The molecule has 0 unspecified atom stereocenters. The number of aryl methyl sites for hydroxylation is 3. The van der Waals surface area contributed by atoms with E-state index < -0.39 is 0 Å². The molecule has 0 radical (unpaired) electrons. The Kier molecular flexibility index (Phi) is 5.36. The van der Waals surface area contributed by atoms with E-state index in [-0.39, 0.29) is 11.9 Å². The number of aromatic nitrogens is 5. The second kappa shape index (κ2) is 8.83. The van der Waals surface area contributed by atoms with Gasteiger partial charge in [-0.25, -0.2) is 0 Å². The highest BCUT2D eigenvalue weighted by atomic mass is 16.1. The van der Waals surface area contributed by atoms with Crippen LogP contribution >= 0.6 is 0 Å². The molecule has 0 spiro atoms. The number of amides is 1. The van der Waals surface area contributed by atoms with E-state index in [9.17, 15) is 4.79 Å². The first-order chi connectivity index (χ1) is 17.2. The summed E-state index contributed by atoms with van der Waals surface area (Å²) in [5.74, 6) is 1.02. The van der Waals surface area contributed by atoms with E-state index in [1.165, 1.54) is 5.56 Å². The average Bonchev–Trinajstić information content (AvgIpc) is 3.12. The summed E-state index contributed by atoms with van der Waals surface area (Å²) in [6, 6.07) is 16.2. The number of carbonyl (C=O) groups is 1. The standard InChI is InChI=1S/C26H26N8O/c27-25-30-26(29-19-12-11-17-7-3-4-13-28-24(35)21(17)15-19)34(33-25)22-14-18-9-5-8-16-6-1-2-10-20(16)23(18)32-31-22/h1-2,6,10-12,14-15H,3-5,7-9,13H2,(H,28,35)(H3,27,29,30,33). The van der Waals surface area contributed by atoms with Gasteiger partial charge in [0.2, 0.25) is 11.9 Å². The number of nitrogens with one attached hydrogen (secondary N) is 2. The number of nitrogen functional groups attached to an aromatic ring is 1. The number of carbonyl (C=O) groups excluding carboxylic acids is 1. The zero-order valence-electron chi connectivity index (χ0n) is 19.3. The van der Waals surface area contributed by atoms with Crippen LogP contribution in [0.2, 0.25) is 0 Å².